The van der Waals surface area contributed by atoms with E-state index in [-0.39, 0.29) is 21.2 Å². The number of fused-ring (bicyclic) bond motifs is 5. The number of phenols is 2. The van der Waals surface area contributed by atoms with Crippen molar-refractivity contribution in [2.45, 2.75) is 125 Å². The van der Waals surface area contributed by atoms with Crippen LogP contribution in [0.5, 0.6) is 11.5 Å². The number of carbonyl (C=O) groups excluding carboxylic acids is 2. The summed E-state index contributed by atoms with van der Waals surface area (Å²) in [5.74, 6) is 0.810. The van der Waals surface area contributed by atoms with Gasteiger partial charge in [-0.1, -0.05) is 83.2 Å². The summed E-state index contributed by atoms with van der Waals surface area (Å²) in [6.07, 6.45) is 19.3. The summed E-state index contributed by atoms with van der Waals surface area (Å²) in [7, 11) is 0. The average molecular weight is 882 g/mol. The SMILES string of the molecule is CC(C)CCCC(C)[C@H]1CC[C@H]2[C@@H]3CC[C@H]4C[C@@H](CCC=C(c5cc(Cl)c(O)c(C(=O)NCC(=O)O)c5)c5cc(Cl)c(O)c(C(=O)NCC(=O)O)c5)CC[C@]4(C)[C@H]3CC[C@]12C. The lowest BCUT2D eigenvalue weighted by atomic mass is 9.44. The van der Waals surface area contributed by atoms with Crippen molar-refractivity contribution in [3.05, 3.63) is 62.6 Å². The second-order valence-electron chi connectivity index (χ2n) is 19.9. The number of nitrogens with one attached hydrogen (secondary N) is 2. The van der Waals surface area contributed by atoms with Gasteiger partial charge in [-0.05, 0) is 170 Å². The number of benzene rings is 2. The summed E-state index contributed by atoms with van der Waals surface area (Å²) in [5, 5.41) is 44.0. The summed E-state index contributed by atoms with van der Waals surface area (Å²) in [6, 6.07) is 5.74. The van der Waals surface area contributed by atoms with Crippen LogP contribution in [0.1, 0.15) is 156 Å². The molecule has 6 N–H and O–H groups in total. The second kappa shape index (κ2) is 19.3. The molecule has 4 fully saturated rings. The molecule has 0 aromatic heterocycles. The minimum atomic E-state index is -1.26. The van der Waals surface area contributed by atoms with E-state index in [1.807, 2.05) is 6.08 Å². The fraction of sp³-hybridized carbons (Fsp3) is 0.633. The molecule has 61 heavy (non-hydrogen) atoms. The van der Waals surface area contributed by atoms with Gasteiger partial charge in [-0.15, -0.1) is 0 Å². The van der Waals surface area contributed by atoms with E-state index in [4.69, 9.17) is 33.4 Å². The van der Waals surface area contributed by atoms with Gasteiger partial charge in [0.15, 0.2) is 0 Å². The lowest BCUT2D eigenvalue weighted by molar-refractivity contribution is -0.136. The van der Waals surface area contributed by atoms with Gasteiger partial charge in [-0.25, -0.2) is 0 Å². The molecule has 6 rings (SSSR count). The van der Waals surface area contributed by atoms with Crippen molar-refractivity contribution >= 4 is 52.5 Å². The third-order valence-electron chi connectivity index (χ3n) is 15.9. The van der Waals surface area contributed by atoms with Crippen molar-refractivity contribution in [3.8, 4) is 11.5 Å². The Morgan fingerprint density at radius 2 is 1.31 bits per heavy atom. The number of carboxylic acid groups (broad SMARTS) is 2. The number of carboxylic acids is 2. The maximum atomic E-state index is 13.0. The van der Waals surface area contributed by atoms with Gasteiger partial charge < -0.3 is 31.1 Å². The zero-order valence-corrected chi connectivity index (χ0v) is 38.0. The number of aliphatic carboxylic acids is 2. The standard InChI is InChI=1S/C49H66Cl2N2O8/c1-27(2)8-6-9-28(3)37-14-15-38-34-13-12-32-20-29(16-18-48(32,4)39(34)17-19-49(37,38)5)10-7-11-33(30-21-35(44(58)40(50)23-30)46(60)52-25-42(54)55)31-22-36(45(59)41(51)24-31)47(61)53-26-43(56)57/h11,21-24,27-29,32,34,37-39,58-59H,6-10,12-20,25-26H2,1-5H3,(H,52,60)(H,53,61)(H,54,55)(H,56,57)/t28?,29-,32-,34-,37+,38-,39-,48-,49+/m0/s1. The second-order valence-corrected chi connectivity index (χ2v) is 20.7. The van der Waals surface area contributed by atoms with Crippen LogP contribution in [0, 0.1) is 58.2 Å². The van der Waals surface area contributed by atoms with Gasteiger partial charge in [0.05, 0.1) is 21.2 Å². The number of rotatable bonds is 16. The van der Waals surface area contributed by atoms with E-state index in [1.54, 1.807) is 0 Å². The van der Waals surface area contributed by atoms with Crippen LogP contribution in [-0.2, 0) is 9.59 Å². The number of hydrogen-bond acceptors (Lipinski definition) is 6. The molecule has 1 unspecified atom stereocenters. The minimum Gasteiger partial charge on any atom is -0.506 e. The first kappa shape index (κ1) is 46.7. The zero-order valence-electron chi connectivity index (χ0n) is 36.5. The van der Waals surface area contributed by atoms with Crippen LogP contribution in [0.25, 0.3) is 5.57 Å². The predicted molar refractivity (Wildman–Crippen MR) is 239 cm³/mol. The largest absolute Gasteiger partial charge is 0.506 e. The summed E-state index contributed by atoms with van der Waals surface area (Å²) in [4.78, 5) is 48.5. The fourth-order valence-corrected chi connectivity index (χ4v) is 13.3. The van der Waals surface area contributed by atoms with Crippen molar-refractivity contribution in [1.82, 2.24) is 10.6 Å². The summed E-state index contributed by atoms with van der Waals surface area (Å²) >= 11 is 13.0. The van der Waals surface area contributed by atoms with Crippen molar-refractivity contribution in [1.29, 1.82) is 0 Å². The molecular weight excluding hydrogens is 815 g/mol. The van der Waals surface area contributed by atoms with Crippen LogP contribution in [-0.4, -0.2) is 57.3 Å². The maximum absolute atomic E-state index is 13.0. The van der Waals surface area contributed by atoms with Crippen molar-refractivity contribution < 1.29 is 39.6 Å². The highest BCUT2D eigenvalue weighted by molar-refractivity contribution is 6.33. The summed E-state index contributed by atoms with van der Waals surface area (Å²) in [5.41, 5.74) is 1.63. The van der Waals surface area contributed by atoms with Crippen LogP contribution < -0.4 is 10.6 Å². The molecule has 10 nitrogen and oxygen atoms in total. The Hall–Kier alpha value is -3.76. The summed E-state index contributed by atoms with van der Waals surface area (Å²) in [6.45, 7) is 11.2. The molecule has 12 heteroatoms. The topological polar surface area (TPSA) is 173 Å². The lowest BCUT2D eigenvalue weighted by Crippen LogP contribution is -2.53. The van der Waals surface area contributed by atoms with E-state index >= 15 is 0 Å². The lowest BCUT2D eigenvalue weighted by Gasteiger charge is -2.61. The number of aromatic hydroxyl groups is 2. The van der Waals surface area contributed by atoms with E-state index in [0.29, 0.717) is 45.8 Å². The third-order valence-corrected chi connectivity index (χ3v) is 16.5. The molecule has 334 valence electrons. The normalized spacial score (nSPS) is 28.5. The number of halogens is 2. The molecule has 0 saturated heterocycles. The molecule has 2 aromatic carbocycles. The summed E-state index contributed by atoms with van der Waals surface area (Å²) < 4.78 is 0. The molecule has 4 saturated carbocycles. The van der Waals surface area contributed by atoms with Crippen LogP contribution >= 0.6 is 23.2 Å². The highest BCUT2D eigenvalue weighted by Crippen LogP contribution is 2.69. The first-order chi connectivity index (χ1) is 28.8. The molecule has 0 heterocycles. The number of carbonyl (C=O) groups is 4. The molecule has 2 amide bonds. The smallest absolute Gasteiger partial charge is 0.322 e. The molecule has 0 aliphatic heterocycles. The Labute approximate surface area is 371 Å². The Bertz CT molecular complexity index is 1930. The first-order valence-corrected chi connectivity index (χ1v) is 23.3. The van der Waals surface area contributed by atoms with E-state index in [2.05, 4.69) is 45.3 Å². The molecule has 4 aliphatic carbocycles. The van der Waals surface area contributed by atoms with Crippen LogP contribution in [0.3, 0.4) is 0 Å². The first-order valence-electron chi connectivity index (χ1n) is 22.6. The highest BCUT2D eigenvalue weighted by Gasteiger charge is 2.60. The quantitative estimate of drug-likeness (QED) is 0.0966. The van der Waals surface area contributed by atoms with E-state index < -0.39 is 48.3 Å². The zero-order chi connectivity index (χ0) is 44.4. The maximum Gasteiger partial charge on any atom is 0.322 e. The van der Waals surface area contributed by atoms with Gasteiger partial charge in [0, 0.05) is 0 Å². The molecule has 9 atom stereocenters. The van der Waals surface area contributed by atoms with Gasteiger partial charge in [0.25, 0.3) is 11.8 Å². The van der Waals surface area contributed by atoms with Gasteiger partial charge in [-0.2, -0.15) is 0 Å². The Morgan fingerprint density at radius 1 is 0.754 bits per heavy atom. The molecule has 0 spiro atoms. The monoisotopic (exact) mass is 880 g/mol. The third kappa shape index (κ3) is 10.1. The van der Waals surface area contributed by atoms with Crippen molar-refractivity contribution in [3.63, 3.8) is 0 Å². The van der Waals surface area contributed by atoms with Crippen LogP contribution in [0.2, 0.25) is 10.0 Å². The Balaban J connectivity index is 1.21. The van der Waals surface area contributed by atoms with Gasteiger partial charge >= 0.3 is 11.9 Å². The number of allylic oxidation sites excluding steroid dienone is 1. The van der Waals surface area contributed by atoms with Crippen LogP contribution in [0.4, 0.5) is 0 Å². The number of hydrogen-bond donors (Lipinski definition) is 6. The number of phenolic OH excluding ortho intramolecular Hbond substituents is 2. The van der Waals surface area contributed by atoms with Crippen molar-refractivity contribution in [2.24, 2.45) is 58.2 Å². The van der Waals surface area contributed by atoms with E-state index in [9.17, 15) is 29.4 Å². The van der Waals surface area contributed by atoms with Gasteiger partial charge in [0.2, 0.25) is 0 Å². The molecule has 0 radical (unpaired) electrons. The van der Waals surface area contributed by atoms with Gasteiger partial charge in [0.1, 0.15) is 24.6 Å². The molecule has 0 bridgehead atoms. The van der Waals surface area contributed by atoms with Crippen LogP contribution in [0.15, 0.2) is 30.3 Å². The minimum absolute atomic E-state index is 0.150. The number of amides is 2. The fourth-order valence-electron chi connectivity index (χ4n) is 12.9. The van der Waals surface area contributed by atoms with E-state index in [0.717, 1.165) is 48.3 Å². The molecular formula is C49H66Cl2N2O8. The Kier molecular flexibility index (Phi) is 14.8. The highest BCUT2D eigenvalue weighted by atomic mass is 35.5. The van der Waals surface area contributed by atoms with Gasteiger partial charge in [-0.3, -0.25) is 19.2 Å². The van der Waals surface area contributed by atoms with Crippen molar-refractivity contribution in [2.75, 3.05) is 13.1 Å². The molecule has 4 aliphatic rings. The average Bonchev–Trinajstić information content (AvgIpc) is 3.57. The van der Waals surface area contributed by atoms with E-state index in [1.165, 1.54) is 94.9 Å². The molecule has 2 aromatic rings. The predicted octanol–water partition coefficient (Wildman–Crippen LogP) is 11.0. The Morgan fingerprint density at radius 3 is 1.87 bits per heavy atom.